The second kappa shape index (κ2) is 12.1. The Morgan fingerprint density at radius 2 is 1.81 bits per heavy atom. The van der Waals surface area contributed by atoms with Gasteiger partial charge in [0.2, 0.25) is 22.2 Å². The SMILES string of the molecule is CCN1CC2C3C1[N+]23C(=O)c1cnn(C2CCC2)c1C1=Cc2cc(OC)ccc2-c2c(C3CCCCC3)c3ccc(C(=O)NS(=O)(=O)C(C)C)cc3n2C1. The van der Waals surface area contributed by atoms with Gasteiger partial charge in [-0.05, 0) is 105 Å². The highest BCUT2D eigenvalue weighted by Crippen LogP contribution is 2.69. The van der Waals surface area contributed by atoms with Gasteiger partial charge in [0.05, 0.1) is 49.1 Å². The Morgan fingerprint density at radius 1 is 1.02 bits per heavy atom. The van der Waals surface area contributed by atoms with Crippen molar-refractivity contribution < 1.29 is 27.2 Å². The number of nitrogens with one attached hydrogen (secondary N) is 1. The molecule has 2 saturated carbocycles. The van der Waals surface area contributed by atoms with E-state index in [0.717, 1.165) is 103 Å². The van der Waals surface area contributed by atoms with Crippen molar-refractivity contribution in [1.29, 1.82) is 0 Å². The van der Waals surface area contributed by atoms with Crippen LogP contribution in [0.15, 0.2) is 42.6 Å². The fraction of sp³-hybridized carbons (Fsp3) is 0.500. The van der Waals surface area contributed by atoms with E-state index in [-0.39, 0.29) is 11.9 Å². The second-order valence-electron chi connectivity index (χ2n) is 16.7. The molecule has 2 aromatic heterocycles. The lowest BCUT2D eigenvalue weighted by atomic mass is 9.81. The third kappa shape index (κ3) is 4.78. The van der Waals surface area contributed by atoms with E-state index in [1.807, 2.05) is 24.4 Å². The van der Waals surface area contributed by atoms with Crippen LogP contribution < -0.4 is 9.46 Å². The van der Waals surface area contributed by atoms with Crippen molar-refractivity contribution in [3.8, 4) is 17.0 Å². The van der Waals surface area contributed by atoms with Crippen LogP contribution in [0.1, 0.15) is 122 Å². The standard InChI is InChI=1S/C42H48N6O5S/c1-5-45-23-35-39-41(45)48(35,39)42(50)33-21-43-47(29-12-9-13-29)37(33)28-18-27-19-30(53-4)15-17-31(27)38-36(25-10-7-6-8-11-25)32-16-14-26(20-34(32)46(38)22-28)40(49)44-54(51,52)24(2)3/h14-21,24-25,29,35,39,41H,5-13,22-23H2,1-4H3/p+1. The number of amides is 2. The molecule has 2 bridgehead atoms. The number of likely N-dealkylation sites (N-methyl/N-ethyl adjacent to an activating group) is 1. The van der Waals surface area contributed by atoms with Crippen LogP contribution in [0.4, 0.5) is 0 Å². The molecule has 4 atom stereocenters. The topological polar surface area (TPSA) is 116 Å². The van der Waals surface area contributed by atoms with Gasteiger partial charge in [-0.25, -0.2) is 27.3 Å². The number of carbonyl (C=O) groups is 2. The molecule has 54 heavy (non-hydrogen) atoms. The van der Waals surface area contributed by atoms with Gasteiger partial charge < -0.3 is 9.30 Å². The molecule has 4 unspecified atom stereocenters. The van der Waals surface area contributed by atoms with Crippen molar-refractivity contribution >= 4 is 44.4 Å². The Bertz CT molecular complexity index is 2390. The van der Waals surface area contributed by atoms with Crippen LogP contribution in [0.2, 0.25) is 0 Å². The van der Waals surface area contributed by atoms with Crippen LogP contribution >= 0.6 is 0 Å². The molecule has 5 aliphatic heterocycles. The van der Waals surface area contributed by atoms with Crippen molar-refractivity contribution in [3.05, 3.63) is 70.5 Å². The normalized spacial score (nSPS) is 26.1. The van der Waals surface area contributed by atoms with E-state index in [9.17, 15) is 18.0 Å². The highest BCUT2D eigenvalue weighted by molar-refractivity contribution is 7.90. The lowest BCUT2D eigenvalue weighted by Crippen LogP contribution is -2.35. The number of piperazine rings is 1. The number of hydrogen-bond acceptors (Lipinski definition) is 7. The third-order valence-corrected chi connectivity index (χ3v) is 15.4. The summed E-state index contributed by atoms with van der Waals surface area (Å²) in [5.41, 5.74) is 8.27. The maximum atomic E-state index is 14.8. The largest absolute Gasteiger partial charge is 0.497 e. The van der Waals surface area contributed by atoms with E-state index in [0.29, 0.717) is 46.3 Å². The van der Waals surface area contributed by atoms with E-state index in [1.165, 1.54) is 12.0 Å². The first-order chi connectivity index (χ1) is 26.1. The van der Waals surface area contributed by atoms with Crippen molar-refractivity contribution in [2.75, 3.05) is 20.2 Å². The van der Waals surface area contributed by atoms with Crippen LogP contribution in [-0.4, -0.2) is 87.7 Å². The molecular formula is C42H49N6O5S+. The van der Waals surface area contributed by atoms with Gasteiger partial charge in [0, 0.05) is 28.6 Å². The molecule has 2 aliphatic carbocycles. The lowest BCUT2D eigenvalue weighted by Gasteiger charge is -2.28. The molecule has 0 radical (unpaired) electrons. The molecule has 11 nitrogen and oxygen atoms in total. The fourth-order valence-electron chi connectivity index (χ4n) is 10.5. The van der Waals surface area contributed by atoms with Crippen molar-refractivity contribution in [2.24, 2.45) is 0 Å². The van der Waals surface area contributed by atoms with Gasteiger partial charge in [-0.3, -0.25) is 9.48 Å². The number of aromatic nitrogens is 3. The highest BCUT2D eigenvalue weighted by Gasteiger charge is 3.00. The molecule has 12 heteroatoms. The maximum absolute atomic E-state index is 14.8. The maximum Gasteiger partial charge on any atom is 0.352 e. The van der Waals surface area contributed by atoms with E-state index in [4.69, 9.17) is 9.84 Å². The Balaban J connectivity index is 1.18. The summed E-state index contributed by atoms with van der Waals surface area (Å²) in [5.74, 6) is 0.644. The molecule has 4 saturated heterocycles. The van der Waals surface area contributed by atoms with Gasteiger partial charge in [-0.2, -0.15) is 5.10 Å². The van der Waals surface area contributed by atoms with E-state index in [2.05, 4.69) is 44.0 Å². The van der Waals surface area contributed by atoms with Gasteiger partial charge in [0.15, 0.2) is 6.04 Å². The number of rotatable bonds is 9. The van der Waals surface area contributed by atoms with Gasteiger partial charge >= 0.3 is 5.91 Å². The first-order valence-electron chi connectivity index (χ1n) is 19.9. The van der Waals surface area contributed by atoms with Crippen LogP contribution in [0.25, 0.3) is 33.8 Å². The molecule has 282 valence electrons. The summed E-state index contributed by atoms with van der Waals surface area (Å²) >= 11 is 0. The molecule has 6 fully saturated rings. The quantitative estimate of drug-likeness (QED) is 0.150. The molecule has 7 heterocycles. The van der Waals surface area contributed by atoms with Crippen molar-refractivity contribution in [2.45, 2.75) is 114 Å². The predicted octanol–water partition coefficient (Wildman–Crippen LogP) is 6.69. The summed E-state index contributed by atoms with van der Waals surface area (Å²) in [6.45, 7) is 7.71. The Morgan fingerprint density at radius 3 is 2.48 bits per heavy atom. The minimum atomic E-state index is -3.83. The monoisotopic (exact) mass is 749 g/mol. The first-order valence-corrected chi connectivity index (χ1v) is 21.5. The lowest BCUT2D eigenvalue weighted by molar-refractivity contribution is -0.640. The number of benzene rings is 2. The summed E-state index contributed by atoms with van der Waals surface area (Å²) in [7, 11) is -2.14. The van der Waals surface area contributed by atoms with Crippen molar-refractivity contribution in [1.82, 2.24) is 24.0 Å². The van der Waals surface area contributed by atoms with Gasteiger partial charge in [0.25, 0.3) is 5.91 Å². The Labute approximate surface area is 316 Å². The Hall–Kier alpha value is -4.26. The van der Waals surface area contributed by atoms with Gasteiger partial charge in [-0.1, -0.05) is 32.3 Å². The molecule has 7 aliphatic rings. The smallest absolute Gasteiger partial charge is 0.352 e. The molecule has 4 aromatic rings. The zero-order chi connectivity index (χ0) is 37.3. The minimum Gasteiger partial charge on any atom is -0.497 e. The predicted molar refractivity (Wildman–Crippen MR) is 207 cm³/mol. The van der Waals surface area contributed by atoms with Gasteiger partial charge in [0.1, 0.15) is 11.3 Å². The van der Waals surface area contributed by atoms with Crippen LogP contribution in [-0.2, 0) is 16.6 Å². The number of hydrogen-bond donors (Lipinski definition) is 1. The fourth-order valence-corrected chi connectivity index (χ4v) is 11.1. The number of methoxy groups -OCH3 is 1. The summed E-state index contributed by atoms with van der Waals surface area (Å²) in [5, 5.41) is 5.33. The average Bonchev–Trinajstić information content (AvgIpc) is 3.66. The molecule has 1 N–H and O–H groups in total. The van der Waals surface area contributed by atoms with Gasteiger partial charge in [-0.15, -0.1) is 0 Å². The zero-order valence-electron chi connectivity index (χ0n) is 31.5. The second-order valence-corrected chi connectivity index (χ2v) is 18.9. The van der Waals surface area contributed by atoms with E-state index >= 15 is 0 Å². The average molecular weight is 750 g/mol. The van der Waals surface area contributed by atoms with E-state index in [1.54, 1.807) is 27.0 Å². The van der Waals surface area contributed by atoms with Crippen LogP contribution in [0.5, 0.6) is 5.75 Å². The third-order valence-electron chi connectivity index (χ3n) is 13.7. The Kier molecular flexibility index (Phi) is 7.69. The highest BCUT2D eigenvalue weighted by atomic mass is 32.2. The molecule has 2 aromatic carbocycles. The van der Waals surface area contributed by atoms with Crippen molar-refractivity contribution in [3.63, 3.8) is 0 Å². The molecular weight excluding hydrogens is 701 g/mol. The zero-order valence-corrected chi connectivity index (χ0v) is 32.4. The number of sulfonamides is 1. The molecule has 0 spiro atoms. The first kappa shape index (κ1) is 34.2. The number of nitrogens with zero attached hydrogens (tertiary/aromatic N) is 5. The number of fused-ring (bicyclic) bond motifs is 6. The number of quaternary nitrogens is 1. The summed E-state index contributed by atoms with van der Waals surface area (Å²) in [6.07, 6.45) is 13.3. The summed E-state index contributed by atoms with van der Waals surface area (Å²) in [6, 6.07) is 12.9. The molecule has 11 rings (SSSR count). The molecule has 2 amide bonds. The van der Waals surface area contributed by atoms with Crippen LogP contribution in [0.3, 0.4) is 0 Å². The number of allylic oxidation sites excluding steroid dienone is 1. The van der Waals surface area contributed by atoms with Crippen LogP contribution in [0, 0.1) is 0 Å². The minimum absolute atomic E-state index is 0.188. The summed E-state index contributed by atoms with van der Waals surface area (Å²) < 4.78 is 38.7. The van der Waals surface area contributed by atoms with E-state index < -0.39 is 21.2 Å². The number of carbonyl (C=O) groups excluding carboxylic acids is 2. The number of ether oxygens (including phenoxy) is 1. The summed E-state index contributed by atoms with van der Waals surface area (Å²) in [4.78, 5) is 30.9.